The lowest BCUT2D eigenvalue weighted by Gasteiger charge is -2.78. The number of carbonyl (C=O) groups is 7. The van der Waals surface area contributed by atoms with Gasteiger partial charge in [-0.15, -0.1) is 0 Å². The molecule has 0 spiro atoms. The molecule has 56 heavy (non-hydrogen) atoms. The van der Waals surface area contributed by atoms with Crippen molar-refractivity contribution in [2.24, 2.45) is 28.1 Å². The quantitative estimate of drug-likeness (QED) is 0.194. The van der Waals surface area contributed by atoms with Gasteiger partial charge in [0, 0.05) is 62.8 Å². The van der Waals surface area contributed by atoms with Gasteiger partial charge in [-0.25, -0.2) is 4.79 Å². The van der Waals surface area contributed by atoms with Crippen molar-refractivity contribution in [2.75, 3.05) is 7.11 Å². The van der Waals surface area contributed by atoms with E-state index in [9.17, 15) is 54.0 Å². The van der Waals surface area contributed by atoms with Crippen LogP contribution in [0.4, 0.5) is 0 Å². The molecule has 15 atom stereocenters. The van der Waals surface area contributed by atoms with Gasteiger partial charge in [0.25, 0.3) is 0 Å². The number of cyclic esters (lactones) is 1. The molecule has 1 saturated heterocycles. The fraction of sp³-hybridized carbons (Fsp3) is 0.703. The van der Waals surface area contributed by atoms with Crippen molar-refractivity contribution in [2.45, 2.75) is 127 Å². The van der Waals surface area contributed by atoms with Crippen LogP contribution in [0.15, 0.2) is 23.0 Å². The van der Waals surface area contributed by atoms with Gasteiger partial charge in [0.1, 0.15) is 29.0 Å². The zero-order valence-electron chi connectivity index (χ0n) is 32.2. The summed E-state index contributed by atoms with van der Waals surface area (Å²) in [5.41, 5.74) is -19.5. The molecule has 5 fully saturated rings. The van der Waals surface area contributed by atoms with Gasteiger partial charge in [-0.2, -0.15) is 0 Å². The maximum Gasteiger partial charge on any atom is 0.347 e. The minimum absolute atomic E-state index is 0.132. The maximum absolute atomic E-state index is 14.1. The highest BCUT2D eigenvalue weighted by Crippen LogP contribution is 2.84. The van der Waals surface area contributed by atoms with Crippen LogP contribution in [-0.2, 0) is 66.7 Å². The zero-order chi connectivity index (χ0) is 41.9. The van der Waals surface area contributed by atoms with E-state index < -0.39 is 142 Å². The van der Waals surface area contributed by atoms with Crippen LogP contribution in [0.1, 0.15) is 79.9 Å². The predicted molar refractivity (Wildman–Crippen MR) is 178 cm³/mol. The van der Waals surface area contributed by atoms with Gasteiger partial charge in [-0.3, -0.25) is 28.8 Å². The molecule has 19 heteroatoms. The average Bonchev–Trinajstić information content (AvgIpc) is 3.73. The molecule has 0 radical (unpaired) electrons. The highest BCUT2D eigenvalue weighted by molar-refractivity contribution is 5.80. The van der Waals surface area contributed by atoms with Gasteiger partial charge < -0.3 is 58.0 Å². The van der Waals surface area contributed by atoms with Crippen LogP contribution in [0, 0.1) is 28.1 Å². The molecule has 4 N–H and O–H groups in total. The molecule has 1 aromatic heterocycles. The number of ether oxygens (including phenoxy) is 7. The topological polar surface area (TPSA) is 278 Å². The summed E-state index contributed by atoms with van der Waals surface area (Å²) in [6, 6.07) is 1.39. The molecule has 2 bridgehead atoms. The van der Waals surface area contributed by atoms with E-state index in [1.165, 1.54) is 32.4 Å². The number of furan rings is 1. The van der Waals surface area contributed by atoms with Gasteiger partial charge in [0.05, 0.1) is 31.5 Å². The molecule has 1 aliphatic heterocycles. The molecule has 0 aromatic carbocycles. The summed E-state index contributed by atoms with van der Waals surface area (Å²) >= 11 is 0. The summed E-state index contributed by atoms with van der Waals surface area (Å²) in [6.45, 7) is 8.50. The molecule has 4 saturated carbocycles. The van der Waals surface area contributed by atoms with E-state index in [2.05, 4.69) is 0 Å². The summed E-state index contributed by atoms with van der Waals surface area (Å²) in [6.07, 6.45) is -11.8. The number of carbonyl (C=O) groups excluding carboxylic acids is 7. The summed E-state index contributed by atoms with van der Waals surface area (Å²) in [7, 11) is 0.946. The van der Waals surface area contributed by atoms with E-state index in [1.54, 1.807) is 0 Å². The minimum Gasteiger partial charge on any atom is -0.472 e. The molecular formula is C37H46O19. The Labute approximate surface area is 319 Å². The van der Waals surface area contributed by atoms with Crippen LogP contribution in [0.25, 0.3) is 0 Å². The van der Waals surface area contributed by atoms with Gasteiger partial charge in [-0.1, -0.05) is 20.8 Å². The third-order valence-electron chi connectivity index (χ3n) is 13.5. The molecule has 0 unspecified atom stereocenters. The lowest BCUT2D eigenvalue weighted by molar-refractivity contribution is -0.465. The highest BCUT2D eigenvalue weighted by atomic mass is 16.6. The first-order valence-electron chi connectivity index (χ1n) is 17.8. The van der Waals surface area contributed by atoms with Crippen LogP contribution in [0.5, 0.6) is 0 Å². The first kappa shape index (κ1) is 41.1. The van der Waals surface area contributed by atoms with Crippen molar-refractivity contribution >= 4 is 41.8 Å². The number of aliphatic hydroxyl groups is 4. The number of methoxy groups -OCH3 is 1. The van der Waals surface area contributed by atoms with Crippen LogP contribution in [-0.4, -0.2) is 122 Å². The fourth-order valence-electron chi connectivity index (χ4n) is 12.0. The molecule has 4 aliphatic carbocycles. The Hall–Kier alpha value is -4.59. The second-order valence-corrected chi connectivity index (χ2v) is 16.3. The van der Waals surface area contributed by atoms with Crippen LogP contribution >= 0.6 is 0 Å². The predicted octanol–water partition coefficient (Wildman–Crippen LogP) is -0.281. The monoisotopic (exact) mass is 794 g/mol. The molecule has 6 rings (SSSR count). The normalized spacial score (nSPS) is 44.9. The van der Waals surface area contributed by atoms with Gasteiger partial charge in [0.15, 0.2) is 23.9 Å². The zero-order valence-corrected chi connectivity index (χ0v) is 32.2. The van der Waals surface area contributed by atoms with Crippen molar-refractivity contribution in [1.82, 2.24) is 0 Å². The highest BCUT2D eigenvalue weighted by Gasteiger charge is 3.01. The Morgan fingerprint density at radius 3 is 1.84 bits per heavy atom. The van der Waals surface area contributed by atoms with E-state index in [-0.39, 0.29) is 5.56 Å². The Morgan fingerprint density at radius 1 is 0.786 bits per heavy atom. The van der Waals surface area contributed by atoms with Crippen molar-refractivity contribution in [3.8, 4) is 0 Å². The molecular weight excluding hydrogens is 748 g/mol. The lowest BCUT2D eigenvalue weighted by atomic mass is 9.32. The number of esters is 7. The number of fused-ring (bicyclic) bond motifs is 5. The average molecular weight is 795 g/mol. The Bertz CT molecular complexity index is 1880. The Morgan fingerprint density at radius 2 is 1.34 bits per heavy atom. The Kier molecular flexibility index (Phi) is 9.32. The molecule has 2 heterocycles. The summed E-state index contributed by atoms with van der Waals surface area (Å²) in [4.78, 5) is 92.8. The molecule has 0 amide bonds. The Balaban J connectivity index is 1.84. The van der Waals surface area contributed by atoms with E-state index >= 15 is 0 Å². The van der Waals surface area contributed by atoms with Crippen molar-refractivity contribution in [3.05, 3.63) is 24.2 Å². The lowest BCUT2D eigenvalue weighted by Crippen LogP contribution is -2.98. The third kappa shape index (κ3) is 4.73. The minimum atomic E-state index is -3.40. The third-order valence-corrected chi connectivity index (χ3v) is 13.5. The summed E-state index contributed by atoms with van der Waals surface area (Å²) in [5.74, 6) is -11.5. The standard InChI is InChI=1S/C37H46O19/c1-15(38)51-23(28(44)49-9)24-31(6)14-34(45)33(24,8)37(48)27(53-17(3)40)26(52-16(2)39)32(7)21(12-22(43)56-25(32)20-10-11-50-13-20)35(37,46)30(55-19(5)42)36(34,47)29(31)54-18(4)41/h10-11,13,21,23-27,29-30,45-48H,12,14H2,1-9H3/t21-,23-,24+,25+,26+,27-,29+,30+,31-,32-,33-,34-,35-,36+,37+/m1/s1. The largest absolute Gasteiger partial charge is 0.472 e. The SMILES string of the molecule is COC(=O)[C@H](OC(C)=O)[C@H]1[C@@]2(C)C[C@]3(O)[C@@](O)([C@@H](OC(C)=O)[C@]4(O)[C@@H]5CC(=O)O[C@@H](c6ccoc6)[C@]5(C)[C@@H](OC(C)=O)[C@@H](OC(C)=O)[C@]4(O)[C@]13C)[C@H]2OC(C)=O. The second-order valence-electron chi connectivity index (χ2n) is 16.3. The van der Waals surface area contributed by atoms with Gasteiger partial charge >= 0.3 is 41.8 Å². The van der Waals surface area contributed by atoms with E-state index in [4.69, 9.17) is 37.6 Å². The van der Waals surface area contributed by atoms with E-state index in [1.807, 2.05) is 0 Å². The summed E-state index contributed by atoms with van der Waals surface area (Å²) in [5, 5.41) is 54.8. The number of hydrogen-bond acceptors (Lipinski definition) is 19. The second kappa shape index (κ2) is 12.7. The van der Waals surface area contributed by atoms with Crippen molar-refractivity contribution < 1.29 is 91.6 Å². The van der Waals surface area contributed by atoms with Gasteiger partial charge in [-0.05, 0) is 12.5 Å². The molecule has 5 aliphatic rings. The van der Waals surface area contributed by atoms with Crippen molar-refractivity contribution in [1.29, 1.82) is 0 Å². The maximum atomic E-state index is 14.1. The first-order valence-corrected chi connectivity index (χ1v) is 17.8. The number of hydrogen-bond donors (Lipinski definition) is 4. The van der Waals surface area contributed by atoms with Crippen LogP contribution < -0.4 is 0 Å². The van der Waals surface area contributed by atoms with E-state index in [0.717, 1.165) is 48.7 Å². The molecule has 308 valence electrons. The van der Waals surface area contributed by atoms with E-state index in [0.29, 0.717) is 0 Å². The molecule has 19 nitrogen and oxygen atoms in total. The smallest absolute Gasteiger partial charge is 0.347 e. The summed E-state index contributed by atoms with van der Waals surface area (Å²) < 4.78 is 45.1. The molecule has 1 aromatic rings. The fourth-order valence-corrected chi connectivity index (χ4v) is 12.0. The number of rotatable bonds is 8. The van der Waals surface area contributed by atoms with Gasteiger partial charge in [0.2, 0.25) is 6.10 Å². The first-order chi connectivity index (χ1) is 25.8. The van der Waals surface area contributed by atoms with Crippen molar-refractivity contribution in [3.63, 3.8) is 0 Å². The van der Waals surface area contributed by atoms with Crippen LogP contribution in [0.3, 0.4) is 0 Å². The van der Waals surface area contributed by atoms with Crippen LogP contribution in [0.2, 0.25) is 0 Å².